The largest absolute Gasteiger partial charge is 0.508 e. The van der Waals surface area contributed by atoms with E-state index < -0.39 is 24.8 Å². The van der Waals surface area contributed by atoms with Crippen LogP contribution in [0.5, 0.6) is 17.5 Å². The van der Waals surface area contributed by atoms with E-state index in [0.717, 1.165) is 12.7 Å². The highest BCUT2D eigenvalue weighted by Gasteiger charge is 2.29. The number of nitrogens with one attached hydrogen (secondary N) is 2. The molecule has 0 aliphatic heterocycles. The van der Waals surface area contributed by atoms with Gasteiger partial charge in [0.05, 0.1) is 7.11 Å². The monoisotopic (exact) mass is 465 g/mol. The Labute approximate surface area is 185 Å². The fourth-order valence-corrected chi connectivity index (χ4v) is 2.52. The van der Waals surface area contributed by atoms with E-state index in [4.69, 9.17) is 0 Å². The molecule has 4 N–H and O–H groups in total. The Balaban J connectivity index is 1.82. The van der Waals surface area contributed by atoms with Crippen LogP contribution in [-0.4, -0.2) is 51.0 Å². The maximum absolute atomic E-state index is 12.6. The first-order valence-electron chi connectivity index (χ1n) is 9.29. The number of benzene rings is 2. The van der Waals surface area contributed by atoms with E-state index in [1.54, 1.807) is 12.1 Å². The van der Waals surface area contributed by atoms with Crippen LogP contribution in [0.25, 0.3) is 0 Å². The third-order valence-corrected chi connectivity index (χ3v) is 4.03. The van der Waals surface area contributed by atoms with Gasteiger partial charge >= 0.3 is 18.2 Å². The minimum Gasteiger partial charge on any atom is -0.508 e. The Morgan fingerprint density at radius 1 is 1.03 bits per heavy atom. The van der Waals surface area contributed by atoms with Crippen molar-refractivity contribution in [3.05, 3.63) is 53.6 Å². The van der Waals surface area contributed by atoms with Gasteiger partial charge in [-0.15, -0.1) is 0 Å². The Hall–Kier alpha value is -4.29. The normalized spacial score (nSPS) is 11.0. The SMILES string of the molecule is COC(=O)c1ccc(Nc2nc(NCc3ccc(O)cc3)nc(OCC(F)(F)F)n2)cc1O. The number of halogens is 3. The molecule has 0 unspecified atom stereocenters. The van der Waals surface area contributed by atoms with Gasteiger partial charge in [0.1, 0.15) is 17.1 Å². The second kappa shape index (κ2) is 9.89. The molecule has 3 aromatic rings. The van der Waals surface area contributed by atoms with Crippen molar-refractivity contribution >= 4 is 23.6 Å². The van der Waals surface area contributed by atoms with Gasteiger partial charge in [-0.1, -0.05) is 12.1 Å². The van der Waals surface area contributed by atoms with Crippen LogP contribution in [0.15, 0.2) is 42.5 Å². The summed E-state index contributed by atoms with van der Waals surface area (Å²) in [7, 11) is 1.16. The second-order valence-electron chi connectivity index (χ2n) is 6.54. The quantitative estimate of drug-likeness (QED) is 0.366. The fraction of sp³-hybridized carbons (Fsp3) is 0.200. The Morgan fingerprint density at radius 2 is 1.73 bits per heavy atom. The molecule has 0 saturated heterocycles. The highest BCUT2D eigenvalue weighted by molar-refractivity contribution is 5.93. The van der Waals surface area contributed by atoms with Crippen molar-refractivity contribution in [2.24, 2.45) is 0 Å². The van der Waals surface area contributed by atoms with Gasteiger partial charge in [-0.3, -0.25) is 0 Å². The number of methoxy groups -OCH3 is 1. The van der Waals surface area contributed by atoms with Gasteiger partial charge < -0.3 is 30.3 Å². The molecule has 1 aromatic heterocycles. The van der Waals surface area contributed by atoms with Gasteiger partial charge in [0.25, 0.3) is 0 Å². The summed E-state index contributed by atoms with van der Waals surface area (Å²) in [4.78, 5) is 23.3. The number of phenols is 2. The van der Waals surface area contributed by atoms with Crippen molar-refractivity contribution in [2.75, 3.05) is 24.4 Å². The second-order valence-corrected chi connectivity index (χ2v) is 6.54. The summed E-state index contributed by atoms with van der Waals surface area (Å²) in [5.74, 6) is -1.33. The van der Waals surface area contributed by atoms with Crippen molar-refractivity contribution < 1.29 is 37.7 Å². The third kappa shape index (κ3) is 6.85. The zero-order valence-electron chi connectivity index (χ0n) is 17.1. The molecule has 3 rings (SSSR count). The molecule has 2 aromatic carbocycles. The molecule has 0 aliphatic carbocycles. The predicted octanol–water partition coefficient (Wildman–Crippen LogP) is 3.37. The van der Waals surface area contributed by atoms with Crippen molar-refractivity contribution in [3.8, 4) is 17.5 Å². The summed E-state index contributed by atoms with van der Waals surface area (Å²) in [6.45, 7) is -1.42. The van der Waals surface area contributed by atoms with E-state index in [0.29, 0.717) is 0 Å². The summed E-state index contributed by atoms with van der Waals surface area (Å²) in [5, 5.41) is 24.9. The van der Waals surface area contributed by atoms with E-state index in [2.05, 4.69) is 35.1 Å². The average Bonchev–Trinajstić information content (AvgIpc) is 2.76. The number of rotatable bonds is 8. The standard InChI is InChI=1S/C20H18F3N5O5/c1-32-16(31)14-7-4-12(8-15(14)30)25-18-26-17(24-9-11-2-5-13(29)6-3-11)27-19(28-18)33-10-20(21,22)23/h2-8,29-30H,9-10H2,1H3,(H2,24,25,26,27,28). The number of nitrogens with zero attached hydrogens (tertiary/aromatic N) is 3. The van der Waals surface area contributed by atoms with Crippen LogP contribution in [0, 0.1) is 0 Å². The van der Waals surface area contributed by atoms with Crippen LogP contribution in [0.2, 0.25) is 0 Å². The molecule has 0 amide bonds. The molecule has 0 aliphatic rings. The van der Waals surface area contributed by atoms with Crippen molar-refractivity contribution in [1.29, 1.82) is 0 Å². The number of phenolic OH excluding ortho intramolecular Hbond substituents is 2. The molecule has 0 spiro atoms. The van der Waals surface area contributed by atoms with E-state index in [-0.39, 0.29) is 41.2 Å². The van der Waals surface area contributed by atoms with Crippen LogP contribution in [0.4, 0.5) is 30.8 Å². The minimum atomic E-state index is -4.60. The van der Waals surface area contributed by atoms with Gasteiger partial charge in [-0.2, -0.15) is 28.1 Å². The molecular formula is C20H18F3N5O5. The molecule has 0 atom stereocenters. The first-order valence-corrected chi connectivity index (χ1v) is 9.29. The fourth-order valence-electron chi connectivity index (χ4n) is 2.52. The molecule has 0 fully saturated rings. The van der Waals surface area contributed by atoms with Crippen LogP contribution in [0.1, 0.15) is 15.9 Å². The third-order valence-electron chi connectivity index (χ3n) is 4.03. The Kier molecular flexibility index (Phi) is 7.00. The van der Waals surface area contributed by atoms with Crippen LogP contribution in [-0.2, 0) is 11.3 Å². The van der Waals surface area contributed by atoms with E-state index in [1.165, 1.54) is 30.3 Å². The summed E-state index contributed by atoms with van der Waals surface area (Å²) >= 11 is 0. The van der Waals surface area contributed by atoms with Crippen molar-refractivity contribution in [2.45, 2.75) is 12.7 Å². The topological polar surface area (TPSA) is 139 Å². The lowest BCUT2D eigenvalue weighted by Crippen LogP contribution is -2.21. The van der Waals surface area contributed by atoms with Gasteiger partial charge in [0.2, 0.25) is 11.9 Å². The maximum Gasteiger partial charge on any atom is 0.422 e. The van der Waals surface area contributed by atoms with Crippen LogP contribution < -0.4 is 15.4 Å². The van der Waals surface area contributed by atoms with Crippen molar-refractivity contribution in [3.63, 3.8) is 0 Å². The lowest BCUT2D eigenvalue weighted by Gasteiger charge is -2.12. The number of alkyl halides is 3. The lowest BCUT2D eigenvalue weighted by atomic mass is 10.2. The molecule has 0 bridgehead atoms. The van der Waals surface area contributed by atoms with Crippen LogP contribution >= 0.6 is 0 Å². The smallest absolute Gasteiger partial charge is 0.422 e. The van der Waals surface area contributed by atoms with Gasteiger partial charge in [0.15, 0.2) is 6.61 Å². The Bertz CT molecular complexity index is 1130. The molecule has 0 saturated carbocycles. The van der Waals surface area contributed by atoms with Gasteiger partial charge in [-0.05, 0) is 29.8 Å². The molecule has 174 valence electrons. The highest BCUT2D eigenvalue weighted by atomic mass is 19.4. The average molecular weight is 465 g/mol. The highest BCUT2D eigenvalue weighted by Crippen LogP contribution is 2.25. The zero-order chi connectivity index (χ0) is 24.0. The number of aromatic nitrogens is 3. The minimum absolute atomic E-state index is 0.0784. The van der Waals surface area contributed by atoms with Crippen molar-refractivity contribution in [1.82, 2.24) is 15.0 Å². The predicted molar refractivity (Wildman–Crippen MR) is 110 cm³/mol. The first-order chi connectivity index (χ1) is 15.6. The van der Waals surface area contributed by atoms with Gasteiger partial charge in [0, 0.05) is 18.3 Å². The van der Waals surface area contributed by atoms with E-state index in [9.17, 15) is 28.2 Å². The number of anilines is 3. The molecule has 33 heavy (non-hydrogen) atoms. The summed E-state index contributed by atoms with van der Waals surface area (Å²) in [6.07, 6.45) is -4.60. The summed E-state index contributed by atoms with van der Waals surface area (Å²) < 4.78 is 46.8. The molecule has 0 radical (unpaired) electrons. The number of ether oxygens (including phenoxy) is 2. The molecular weight excluding hydrogens is 447 g/mol. The number of carbonyl (C=O) groups excluding carboxylic acids is 1. The lowest BCUT2D eigenvalue weighted by molar-refractivity contribution is -0.154. The zero-order valence-corrected chi connectivity index (χ0v) is 17.1. The molecule has 1 heterocycles. The van der Waals surface area contributed by atoms with E-state index >= 15 is 0 Å². The number of carbonyl (C=O) groups is 1. The molecule has 10 nitrogen and oxygen atoms in total. The number of hydrogen-bond donors (Lipinski definition) is 4. The number of hydrogen-bond acceptors (Lipinski definition) is 10. The summed E-state index contributed by atoms with van der Waals surface area (Å²) in [5.41, 5.74) is 0.894. The number of esters is 1. The first kappa shape index (κ1) is 23.4. The Morgan fingerprint density at radius 3 is 2.36 bits per heavy atom. The summed E-state index contributed by atoms with van der Waals surface area (Å²) in [6, 6.07) is 9.51. The van der Waals surface area contributed by atoms with Crippen LogP contribution in [0.3, 0.4) is 0 Å². The van der Waals surface area contributed by atoms with E-state index in [1.807, 2.05) is 0 Å². The van der Waals surface area contributed by atoms with Gasteiger partial charge in [-0.25, -0.2) is 4.79 Å². The number of aromatic hydroxyl groups is 2. The maximum atomic E-state index is 12.6. The molecule has 13 heteroatoms.